The predicted molar refractivity (Wildman–Crippen MR) is 148 cm³/mol. The van der Waals surface area contributed by atoms with Crippen LogP contribution in [0.4, 0.5) is 17.3 Å². The monoisotopic (exact) mass is 555 g/mol. The van der Waals surface area contributed by atoms with Crippen LogP contribution in [0.25, 0.3) is 22.2 Å². The molecule has 0 aliphatic carbocycles. The molecular weight excluding hydrogens is 526 g/mol. The van der Waals surface area contributed by atoms with Crippen LogP contribution in [0.3, 0.4) is 0 Å². The van der Waals surface area contributed by atoms with Crippen LogP contribution < -0.4 is 10.2 Å². The molecule has 0 radical (unpaired) electrons. The second-order valence-corrected chi connectivity index (χ2v) is 14.1. The minimum Gasteiger partial charge on any atom is -0.370 e. The number of aromatic nitrogens is 5. The van der Waals surface area contributed by atoms with Gasteiger partial charge < -0.3 is 10.2 Å². The Hall–Kier alpha value is -3.58. The predicted octanol–water partition coefficient (Wildman–Crippen LogP) is 3.04. The molecule has 1 fully saturated rings. The van der Waals surface area contributed by atoms with Crippen LogP contribution in [0.1, 0.15) is 25.3 Å². The molecule has 4 heterocycles. The van der Waals surface area contributed by atoms with Crippen molar-refractivity contribution < 1.29 is 16.8 Å². The molecule has 11 nitrogen and oxygen atoms in total. The molecule has 0 spiro atoms. The van der Waals surface area contributed by atoms with Crippen LogP contribution in [-0.4, -0.2) is 72.3 Å². The Balaban J connectivity index is 1.43. The highest BCUT2D eigenvalue weighted by Crippen LogP contribution is 2.37. The molecule has 13 heteroatoms. The van der Waals surface area contributed by atoms with Crippen molar-refractivity contribution in [3.63, 3.8) is 0 Å². The SMILES string of the molecule is CC(C)c1ccc(N2CC(CS(C)(=O)=O)C2)c2cnc(Nc3ccnc(-c4cnn(S(C)(=O)=O)c4)n3)cc12. The topological polar surface area (TPSA) is 140 Å². The summed E-state index contributed by atoms with van der Waals surface area (Å²) in [7, 11) is -6.51. The molecule has 4 aromatic rings. The summed E-state index contributed by atoms with van der Waals surface area (Å²) in [5, 5.41) is 9.18. The summed E-state index contributed by atoms with van der Waals surface area (Å²) in [6.45, 7) is 5.67. The molecule has 0 saturated carbocycles. The van der Waals surface area contributed by atoms with Crippen LogP contribution in [0, 0.1) is 5.92 Å². The molecule has 1 aromatic carbocycles. The summed E-state index contributed by atoms with van der Waals surface area (Å²) in [4.78, 5) is 15.6. The first-order chi connectivity index (χ1) is 17.9. The van der Waals surface area contributed by atoms with Crippen molar-refractivity contribution in [1.29, 1.82) is 0 Å². The Morgan fingerprint density at radius 3 is 2.42 bits per heavy atom. The Bertz CT molecular complexity index is 1730. The molecule has 5 rings (SSSR count). The van der Waals surface area contributed by atoms with Crippen molar-refractivity contribution in [1.82, 2.24) is 24.1 Å². The van der Waals surface area contributed by atoms with E-state index in [1.54, 1.807) is 12.3 Å². The molecule has 1 aliphatic rings. The fraction of sp³-hybridized carbons (Fsp3) is 0.360. The summed E-state index contributed by atoms with van der Waals surface area (Å²) in [5.74, 6) is 2.06. The highest BCUT2D eigenvalue weighted by Gasteiger charge is 2.31. The van der Waals surface area contributed by atoms with Gasteiger partial charge in [-0.25, -0.2) is 31.8 Å². The van der Waals surface area contributed by atoms with E-state index >= 15 is 0 Å². The maximum Gasteiger partial charge on any atom is 0.250 e. The summed E-state index contributed by atoms with van der Waals surface area (Å²) >= 11 is 0. The van der Waals surface area contributed by atoms with Crippen LogP contribution in [-0.2, 0) is 19.9 Å². The van der Waals surface area contributed by atoms with Crippen molar-refractivity contribution in [2.24, 2.45) is 5.92 Å². The van der Waals surface area contributed by atoms with Gasteiger partial charge in [0, 0.05) is 48.7 Å². The highest BCUT2D eigenvalue weighted by molar-refractivity contribution is 7.90. The van der Waals surface area contributed by atoms with Gasteiger partial charge in [-0.05, 0) is 35.1 Å². The highest BCUT2D eigenvalue weighted by atomic mass is 32.2. The number of nitrogens with zero attached hydrogens (tertiary/aromatic N) is 6. The summed E-state index contributed by atoms with van der Waals surface area (Å²) in [6.07, 6.45) is 8.54. The normalized spacial score (nSPS) is 14.7. The Morgan fingerprint density at radius 2 is 1.76 bits per heavy atom. The van der Waals surface area contributed by atoms with Gasteiger partial charge in [0.1, 0.15) is 21.5 Å². The number of anilines is 3. The van der Waals surface area contributed by atoms with Crippen LogP contribution >= 0.6 is 0 Å². The smallest absolute Gasteiger partial charge is 0.250 e. The van der Waals surface area contributed by atoms with E-state index in [0.29, 0.717) is 36.1 Å². The van der Waals surface area contributed by atoms with E-state index in [4.69, 9.17) is 0 Å². The Labute approximate surface area is 221 Å². The van der Waals surface area contributed by atoms with Crippen molar-refractivity contribution >= 4 is 48.0 Å². The molecule has 1 N–H and O–H groups in total. The molecule has 3 aromatic heterocycles. The Morgan fingerprint density at radius 1 is 1.00 bits per heavy atom. The first-order valence-electron chi connectivity index (χ1n) is 12.1. The van der Waals surface area contributed by atoms with Gasteiger partial charge in [0.05, 0.1) is 30.0 Å². The fourth-order valence-electron chi connectivity index (χ4n) is 4.69. The zero-order valence-corrected chi connectivity index (χ0v) is 23.2. The van der Waals surface area contributed by atoms with Crippen LogP contribution in [0.2, 0.25) is 0 Å². The maximum absolute atomic E-state index is 11.7. The van der Waals surface area contributed by atoms with Crippen molar-refractivity contribution in [3.8, 4) is 11.4 Å². The van der Waals surface area contributed by atoms with Gasteiger partial charge in [-0.15, -0.1) is 0 Å². The largest absolute Gasteiger partial charge is 0.370 e. The van der Waals surface area contributed by atoms with E-state index in [9.17, 15) is 16.8 Å². The number of sulfone groups is 1. The quantitative estimate of drug-likeness (QED) is 0.345. The van der Waals surface area contributed by atoms with Gasteiger partial charge >= 0.3 is 0 Å². The fourth-order valence-corrected chi connectivity index (χ4v) is 6.29. The van der Waals surface area contributed by atoms with Gasteiger partial charge in [-0.3, -0.25) is 0 Å². The molecule has 1 saturated heterocycles. The number of benzene rings is 1. The molecule has 0 unspecified atom stereocenters. The molecule has 1 aliphatic heterocycles. The van der Waals surface area contributed by atoms with E-state index in [1.165, 1.54) is 24.2 Å². The number of hydrogen-bond acceptors (Lipinski definition) is 10. The van der Waals surface area contributed by atoms with E-state index in [-0.39, 0.29) is 17.6 Å². The van der Waals surface area contributed by atoms with Crippen molar-refractivity contribution in [2.45, 2.75) is 19.8 Å². The minimum atomic E-state index is -3.51. The van der Waals surface area contributed by atoms with Gasteiger partial charge in [0.25, 0.3) is 10.0 Å². The number of hydrogen-bond donors (Lipinski definition) is 1. The molecule has 200 valence electrons. The average molecular weight is 556 g/mol. The molecule has 0 atom stereocenters. The van der Waals surface area contributed by atoms with Gasteiger partial charge in [0.2, 0.25) is 0 Å². The standard InChI is InChI=1S/C25H29N7O4S2/c1-16(2)19-5-6-22(31-12-17(13-31)15-37(3,33)34)21-11-27-24(9-20(19)21)29-23-7-8-26-25(30-23)18-10-28-32(14-18)38(4,35)36/h5-11,14,16-17H,12-13,15H2,1-4H3,(H,26,27,29,30). The third-order valence-electron chi connectivity index (χ3n) is 6.44. The summed E-state index contributed by atoms with van der Waals surface area (Å²) in [5.41, 5.74) is 2.69. The van der Waals surface area contributed by atoms with E-state index in [1.807, 2.05) is 12.3 Å². The zero-order valence-electron chi connectivity index (χ0n) is 21.5. The van der Waals surface area contributed by atoms with Crippen molar-refractivity contribution in [3.05, 3.63) is 54.6 Å². The van der Waals surface area contributed by atoms with Gasteiger partial charge in [-0.2, -0.15) is 9.19 Å². The van der Waals surface area contributed by atoms with Crippen molar-refractivity contribution in [2.75, 3.05) is 41.6 Å². The van der Waals surface area contributed by atoms with Gasteiger partial charge in [-0.1, -0.05) is 19.9 Å². The van der Waals surface area contributed by atoms with Gasteiger partial charge in [0.15, 0.2) is 5.82 Å². The third-order valence-corrected chi connectivity index (χ3v) is 8.40. The number of nitrogens with one attached hydrogen (secondary N) is 1. The number of rotatable bonds is 8. The molecule has 38 heavy (non-hydrogen) atoms. The van der Waals surface area contributed by atoms with Crippen LogP contribution in [0.5, 0.6) is 0 Å². The lowest BCUT2D eigenvalue weighted by atomic mass is 9.93. The average Bonchev–Trinajstić information content (AvgIpc) is 3.31. The maximum atomic E-state index is 11.7. The number of pyridine rings is 1. The second kappa shape index (κ2) is 9.62. The molecule has 0 amide bonds. The van der Waals surface area contributed by atoms with Crippen LogP contribution in [0.15, 0.2) is 49.1 Å². The first-order valence-corrected chi connectivity index (χ1v) is 16.0. The lowest BCUT2D eigenvalue weighted by Gasteiger charge is -2.41. The lowest BCUT2D eigenvalue weighted by molar-refractivity contribution is 0.445. The second-order valence-electron chi connectivity index (χ2n) is 10.1. The minimum absolute atomic E-state index is 0.134. The van der Waals surface area contributed by atoms with E-state index < -0.39 is 19.9 Å². The Kier molecular flexibility index (Phi) is 6.59. The molecule has 0 bridgehead atoms. The third kappa shape index (κ3) is 5.48. The molecular formula is C25H29N7O4S2. The lowest BCUT2D eigenvalue weighted by Crippen LogP contribution is -2.49. The van der Waals surface area contributed by atoms with E-state index in [2.05, 4.69) is 56.2 Å². The first kappa shape index (κ1) is 26.0. The zero-order chi connectivity index (χ0) is 27.2. The summed E-state index contributed by atoms with van der Waals surface area (Å²) in [6, 6.07) is 7.91. The summed E-state index contributed by atoms with van der Waals surface area (Å²) < 4.78 is 47.7. The number of fused-ring (bicyclic) bond motifs is 1. The van der Waals surface area contributed by atoms with E-state index in [0.717, 1.165) is 26.8 Å².